The number of anilines is 1. The molecule has 0 atom stereocenters. The first-order valence-corrected chi connectivity index (χ1v) is 10.3. The third kappa shape index (κ3) is 4.63. The lowest BCUT2D eigenvalue weighted by Crippen LogP contribution is -2.46. The summed E-state index contributed by atoms with van der Waals surface area (Å²) in [7, 11) is 1.95. The molecule has 2 saturated heterocycles. The molecule has 2 aromatic rings. The number of benzene rings is 1. The Morgan fingerprint density at radius 3 is 2.28 bits per heavy atom. The number of ether oxygens (including phenoxy) is 1. The molecule has 0 bridgehead atoms. The van der Waals surface area contributed by atoms with E-state index in [1.54, 1.807) is 6.07 Å². The molecule has 7 heteroatoms. The van der Waals surface area contributed by atoms with Gasteiger partial charge in [0.1, 0.15) is 0 Å². The van der Waals surface area contributed by atoms with Crippen molar-refractivity contribution in [1.82, 2.24) is 14.4 Å². The smallest absolute Gasteiger partial charge is 0.223 e. The minimum absolute atomic E-state index is 0.128. The number of aromatic nitrogens is 1. The number of piperazine rings is 1. The molecule has 0 spiro atoms. The first kappa shape index (κ1) is 19.9. The van der Waals surface area contributed by atoms with E-state index in [0.29, 0.717) is 32.0 Å². The molecule has 1 aromatic carbocycles. The normalized spacial score (nSPS) is 18.9. The van der Waals surface area contributed by atoms with Gasteiger partial charge in [0.25, 0.3) is 0 Å². The molecule has 3 heterocycles. The molecule has 29 heavy (non-hydrogen) atoms. The lowest BCUT2D eigenvalue weighted by Gasteiger charge is -2.36. The summed E-state index contributed by atoms with van der Waals surface area (Å²) in [5.41, 5.74) is 2.61. The van der Waals surface area contributed by atoms with Gasteiger partial charge in [0.15, 0.2) is 5.75 Å². The van der Waals surface area contributed by atoms with Crippen molar-refractivity contribution >= 4 is 5.69 Å². The summed E-state index contributed by atoms with van der Waals surface area (Å²) in [6, 6.07) is 12.1. The number of hydrogen-bond acceptors (Lipinski definition) is 6. The Morgan fingerprint density at radius 2 is 1.59 bits per heavy atom. The molecule has 156 valence electrons. The number of pyridine rings is 1. The second-order valence-electron chi connectivity index (χ2n) is 7.84. The third-order valence-corrected chi connectivity index (χ3v) is 6.00. The average molecular weight is 399 g/mol. The van der Waals surface area contributed by atoms with Gasteiger partial charge in [-0.05, 0) is 12.1 Å². The summed E-state index contributed by atoms with van der Waals surface area (Å²) >= 11 is 0. The largest absolute Gasteiger partial charge is 0.503 e. The number of nitrogens with zero attached hydrogens (tertiary/aromatic N) is 4. The Labute approximate surface area is 171 Å². The molecule has 2 aliphatic rings. The predicted molar refractivity (Wildman–Crippen MR) is 113 cm³/mol. The minimum atomic E-state index is -0.288. The van der Waals surface area contributed by atoms with Crippen LogP contribution in [0, 0.1) is 0 Å². The number of rotatable bonds is 5. The van der Waals surface area contributed by atoms with Crippen molar-refractivity contribution in [3.05, 3.63) is 58.0 Å². The van der Waals surface area contributed by atoms with Crippen LogP contribution in [-0.4, -0.2) is 72.0 Å². The maximum atomic E-state index is 12.4. The molecule has 2 fully saturated rings. The number of hydrogen-bond donors (Lipinski definition) is 1. The Kier molecular flexibility index (Phi) is 6.18. The van der Waals surface area contributed by atoms with Crippen molar-refractivity contribution in [3.8, 4) is 5.75 Å². The number of para-hydroxylation sites is 1. The van der Waals surface area contributed by atoms with Crippen LogP contribution in [-0.2, 0) is 24.9 Å². The van der Waals surface area contributed by atoms with E-state index in [-0.39, 0.29) is 11.2 Å². The molecular formula is C22H30N4O3. The van der Waals surface area contributed by atoms with Crippen LogP contribution in [0.4, 0.5) is 5.69 Å². The fourth-order valence-electron chi connectivity index (χ4n) is 4.13. The SMILES string of the molecule is Cn1c(CN2CCN(c3ccccc3)CC2)cc(=O)c(O)c1CN1CCOCC1. The van der Waals surface area contributed by atoms with Crippen LogP contribution < -0.4 is 10.3 Å². The second kappa shape index (κ2) is 8.98. The fourth-order valence-corrected chi connectivity index (χ4v) is 4.13. The van der Waals surface area contributed by atoms with Crippen LogP contribution in [0.2, 0.25) is 0 Å². The maximum Gasteiger partial charge on any atom is 0.223 e. The zero-order valence-electron chi connectivity index (χ0n) is 17.1. The molecule has 7 nitrogen and oxygen atoms in total. The topological polar surface area (TPSA) is 61.2 Å². The fraction of sp³-hybridized carbons (Fsp3) is 0.500. The molecule has 0 saturated carbocycles. The quantitative estimate of drug-likeness (QED) is 0.818. The summed E-state index contributed by atoms with van der Waals surface area (Å²) in [6.45, 7) is 8.14. The van der Waals surface area contributed by atoms with Crippen LogP contribution in [0.5, 0.6) is 5.75 Å². The molecule has 4 rings (SSSR count). The summed E-state index contributed by atoms with van der Waals surface area (Å²) < 4.78 is 7.40. The van der Waals surface area contributed by atoms with Crippen molar-refractivity contribution in [3.63, 3.8) is 0 Å². The van der Waals surface area contributed by atoms with Crippen molar-refractivity contribution in [2.24, 2.45) is 7.05 Å². The van der Waals surface area contributed by atoms with E-state index in [2.05, 4.69) is 39.0 Å². The Balaban J connectivity index is 1.44. The summed E-state index contributed by atoms with van der Waals surface area (Å²) in [6.07, 6.45) is 0. The first-order valence-electron chi connectivity index (χ1n) is 10.3. The van der Waals surface area contributed by atoms with Crippen LogP contribution in [0.1, 0.15) is 11.4 Å². The van der Waals surface area contributed by atoms with E-state index in [0.717, 1.165) is 45.0 Å². The number of morpholine rings is 1. The van der Waals surface area contributed by atoms with Gasteiger partial charge >= 0.3 is 0 Å². The van der Waals surface area contributed by atoms with E-state index in [4.69, 9.17) is 4.74 Å². The van der Waals surface area contributed by atoms with Gasteiger partial charge in [0.2, 0.25) is 5.43 Å². The molecule has 1 N–H and O–H groups in total. The van der Waals surface area contributed by atoms with E-state index in [1.165, 1.54) is 5.69 Å². The first-order chi connectivity index (χ1) is 14.1. The highest BCUT2D eigenvalue weighted by atomic mass is 16.5. The highest BCUT2D eigenvalue weighted by Crippen LogP contribution is 2.20. The molecule has 0 amide bonds. The van der Waals surface area contributed by atoms with Gasteiger partial charge in [-0.1, -0.05) is 18.2 Å². The van der Waals surface area contributed by atoms with Crippen LogP contribution in [0.3, 0.4) is 0 Å². The minimum Gasteiger partial charge on any atom is -0.503 e. The van der Waals surface area contributed by atoms with Gasteiger partial charge in [-0.15, -0.1) is 0 Å². The zero-order valence-corrected chi connectivity index (χ0v) is 17.1. The van der Waals surface area contributed by atoms with Gasteiger partial charge in [0.05, 0.1) is 18.9 Å². The second-order valence-corrected chi connectivity index (χ2v) is 7.84. The standard InChI is InChI=1S/C22H30N4O3/c1-23-19(15-21(27)22(28)20(23)17-25-11-13-29-14-12-25)16-24-7-9-26(10-8-24)18-5-3-2-4-6-18/h2-6,15,28H,7-14,16-17H2,1H3. The van der Waals surface area contributed by atoms with Crippen molar-refractivity contribution < 1.29 is 9.84 Å². The Bertz CT molecular complexity index is 870. The molecule has 0 radical (unpaired) electrons. The highest BCUT2D eigenvalue weighted by molar-refractivity contribution is 5.46. The van der Waals surface area contributed by atoms with E-state index >= 15 is 0 Å². The zero-order chi connectivity index (χ0) is 20.2. The Morgan fingerprint density at radius 1 is 0.931 bits per heavy atom. The van der Waals surface area contributed by atoms with E-state index < -0.39 is 0 Å². The van der Waals surface area contributed by atoms with Crippen LogP contribution in [0.25, 0.3) is 0 Å². The molecule has 2 aliphatic heterocycles. The van der Waals surface area contributed by atoms with Gasteiger partial charge < -0.3 is 19.3 Å². The molecule has 0 aliphatic carbocycles. The monoisotopic (exact) mass is 398 g/mol. The van der Waals surface area contributed by atoms with Crippen molar-refractivity contribution in [2.75, 3.05) is 57.4 Å². The predicted octanol–water partition coefficient (Wildman–Crippen LogP) is 1.25. The van der Waals surface area contributed by atoms with E-state index in [1.807, 2.05) is 17.7 Å². The summed E-state index contributed by atoms with van der Waals surface area (Å²) in [5.74, 6) is -0.128. The molecule has 1 aromatic heterocycles. The van der Waals surface area contributed by atoms with Gasteiger partial charge in [-0.25, -0.2) is 0 Å². The third-order valence-electron chi connectivity index (χ3n) is 6.00. The number of aromatic hydroxyl groups is 1. The van der Waals surface area contributed by atoms with Crippen molar-refractivity contribution in [2.45, 2.75) is 13.1 Å². The molecular weight excluding hydrogens is 368 g/mol. The molecule has 0 unspecified atom stereocenters. The lowest BCUT2D eigenvalue weighted by molar-refractivity contribution is 0.0327. The summed E-state index contributed by atoms with van der Waals surface area (Å²) in [4.78, 5) is 19.4. The van der Waals surface area contributed by atoms with Gasteiger partial charge in [-0.2, -0.15) is 0 Å². The van der Waals surface area contributed by atoms with Gasteiger partial charge in [0, 0.05) is 76.9 Å². The van der Waals surface area contributed by atoms with Crippen LogP contribution in [0.15, 0.2) is 41.2 Å². The highest BCUT2D eigenvalue weighted by Gasteiger charge is 2.21. The Hall–Kier alpha value is -2.35. The van der Waals surface area contributed by atoms with Gasteiger partial charge in [-0.3, -0.25) is 14.6 Å². The van der Waals surface area contributed by atoms with E-state index in [9.17, 15) is 9.90 Å². The average Bonchev–Trinajstić information content (AvgIpc) is 2.77. The maximum absolute atomic E-state index is 12.4. The summed E-state index contributed by atoms with van der Waals surface area (Å²) in [5, 5.41) is 10.4. The van der Waals surface area contributed by atoms with Crippen LogP contribution >= 0.6 is 0 Å². The van der Waals surface area contributed by atoms with Crippen molar-refractivity contribution in [1.29, 1.82) is 0 Å². The lowest BCUT2D eigenvalue weighted by atomic mass is 10.2.